The first kappa shape index (κ1) is 20.8. The van der Waals surface area contributed by atoms with E-state index in [4.69, 9.17) is 0 Å². The molecule has 31 heavy (non-hydrogen) atoms. The van der Waals surface area contributed by atoms with Crippen LogP contribution in [0.3, 0.4) is 0 Å². The van der Waals surface area contributed by atoms with E-state index in [1.807, 2.05) is 50.2 Å². The van der Waals surface area contributed by atoms with Crippen molar-refractivity contribution in [2.45, 2.75) is 33.4 Å². The Labute approximate surface area is 177 Å². The maximum atomic E-state index is 13.3. The van der Waals surface area contributed by atoms with Gasteiger partial charge in [-0.25, -0.2) is 0 Å². The van der Waals surface area contributed by atoms with E-state index in [0.29, 0.717) is 11.4 Å². The molecule has 1 aromatic heterocycles. The summed E-state index contributed by atoms with van der Waals surface area (Å²) in [7, 11) is 0. The molecule has 4 nitrogen and oxygen atoms in total. The summed E-state index contributed by atoms with van der Waals surface area (Å²) < 4.78 is 39.8. The Balaban J connectivity index is 1.80. The molecule has 0 unspecified atom stereocenters. The summed E-state index contributed by atoms with van der Waals surface area (Å²) in [5, 5.41) is 2.56. The van der Waals surface area contributed by atoms with E-state index in [0.717, 1.165) is 34.1 Å². The number of fused-ring (bicyclic) bond motifs is 1. The van der Waals surface area contributed by atoms with Crippen LogP contribution in [0.1, 0.15) is 34.5 Å². The molecule has 3 aromatic rings. The van der Waals surface area contributed by atoms with E-state index >= 15 is 0 Å². The van der Waals surface area contributed by atoms with Crippen LogP contribution in [0.25, 0.3) is 11.1 Å². The number of hydrogen-bond donors (Lipinski definition) is 1. The summed E-state index contributed by atoms with van der Waals surface area (Å²) in [6.07, 6.45) is -4.54. The molecular weight excluding hydrogens is 403 g/mol. The second-order valence-corrected chi connectivity index (χ2v) is 7.68. The van der Waals surface area contributed by atoms with Crippen LogP contribution in [0, 0.1) is 20.8 Å². The number of aromatic nitrogens is 1. The van der Waals surface area contributed by atoms with Gasteiger partial charge in [0.25, 0.3) is 0 Å². The number of carbonyl (C=O) groups is 1. The van der Waals surface area contributed by atoms with Crippen molar-refractivity contribution >= 4 is 23.0 Å². The number of nitrogens with zero attached hydrogens (tertiary/aromatic N) is 2. The van der Waals surface area contributed by atoms with E-state index in [9.17, 15) is 18.0 Å². The Morgan fingerprint density at radius 1 is 0.903 bits per heavy atom. The number of pyridine rings is 1. The molecule has 0 atom stereocenters. The minimum atomic E-state index is -4.50. The van der Waals surface area contributed by atoms with Crippen molar-refractivity contribution in [3.63, 3.8) is 0 Å². The smallest absolute Gasteiger partial charge is 0.324 e. The fourth-order valence-electron chi connectivity index (χ4n) is 3.77. The summed E-state index contributed by atoms with van der Waals surface area (Å²) in [6.45, 7) is 5.24. The minimum Gasteiger partial charge on any atom is -0.324 e. The van der Waals surface area contributed by atoms with Crippen molar-refractivity contribution in [2.75, 3.05) is 5.32 Å². The summed E-state index contributed by atoms with van der Waals surface area (Å²) in [4.78, 5) is 21.4. The molecule has 0 spiro atoms. The van der Waals surface area contributed by atoms with Gasteiger partial charge < -0.3 is 5.32 Å². The number of carbonyl (C=O) groups excluding carboxylic acids is 1. The number of benzene rings is 2. The number of anilines is 1. The average Bonchev–Trinajstić information content (AvgIpc) is 2.83. The number of nitrogens with one attached hydrogen (secondary N) is 1. The Morgan fingerprint density at radius 3 is 2.26 bits per heavy atom. The highest BCUT2D eigenvalue weighted by molar-refractivity contribution is 6.17. The van der Waals surface area contributed by atoms with Gasteiger partial charge in [-0.05, 0) is 73.4 Å². The molecule has 0 saturated carbocycles. The standard InChI is InChI=1S/C24H20F3N3O/c1-13-7-21-22(11-19(13)24(25,26)27)30-23(31)12-20(29-21)17-6-4-5-16(10-17)18-8-14(2)28-15(3)9-18/h4-11H,12H2,1-3H3,(H,30,31). The van der Waals surface area contributed by atoms with Crippen LogP contribution >= 0.6 is 0 Å². The first-order valence-electron chi connectivity index (χ1n) is 9.75. The molecule has 7 heteroatoms. The quantitative estimate of drug-likeness (QED) is 0.537. The number of hydrogen-bond acceptors (Lipinski definition) is 3. The highest BCUT2D eigenvalue weighted by Crippen LogP contribution is 2.39. The number of aryl methyl sites for hydroxylation is 3. The van der Waals surface area contributed by atoms with Gasteiger partial charge in [-0.1, -0.05) is 18.2 Å². The highest BCUT2D eigenvalue weighted by atomic mass is 19.4. The molecule has 0 saturated heterocycles. The average molecular weight is 423 g/mol. The molecule has 1 amide bonds. The van der Waals surface area contributed by atoms with Crippen molar-refractivity contribution in [3.8, 4) is 11.1 Å². The van der Waals surface area contributed by atoms with E-state index < -0.39 is 17.6 Å². The monoisotopic (exact) mass is 423 g/mol. The summed E-state index contributed by atoms with van der Waals surface area (Å²) in [6, 6.07) is 13.9. The molecule has 1 aliphatic rings. The van der Waals surface area contributed by atoms with E-state index in [-0.39, 0.29) is 17.7 Å². The number of alkyl halides is 3. The molecule has 2 heterocycles. The van der Waals surface area contributed by atoms with Gasteiger partial charge in [-0.2, -0.15) is 13.2 Å². The van der Waals surface area contributed by atoms with Crippen molar-refractivity contribution < 1.29 is 18.0 Å². The SMILES string of the molecule is Cc1cc(-c2cccc(C3=Nc4cc(C)c(C(F)(F)F)cc4NC(=O)C3)c2)cc(C)n1. The highest BCUT2D eigenvalue weighted by Gasteiger charge is 2.34. The first-order chi connectivity index (χ1) is 14.6. The fourth-order valence-corrected chi connectivity index (χ4v) is 3.77. The molecule has 0 fully saturated rings. The van der Waals surface area contributed by atoms with Crippen LogP contribution in [-0.4, -0.2) is 16.6 Å². The summed E-state index contributed by atoms with van der Waals surface area (Å²) >= 11 is 0. The zero-order valence-corrected chi connectivity index (χ0v) is 17.3. The molecular formula is C24H20F3N3O. The Morgan fingerprint density at radius 2 is 1.58 bits per heavy atom. The largest absolute Gasteiger partial charge is 0.416 e. The molecule has 0 radical (unpaired) electrons. The summed E-state index contributed by atoms with van der Waals surface area (Å²) in [5.74, 6) is -0.407. The van der Waals surface area contributed by atoms with Gasteiger partial charge in [0.15, 0.2) is 0 Å². The Hall–Kier alpha value is -3.48. The van der Waals surface area contributed by atoms with Crippen LogP contribution in [0.4, 0.5) is 24.5 Å². The molecule has 0 aliphatic carbocycles. The van der Waals surface area contributed by atoms with Gasteiger partial charge in [-0.15, -0.1) is 0 Å². The lowest BCUT2D eigenvalue weighted by atomic mass is 9.99. The third-order valence-corrected chi connectivity index (χ3v) is 5.12. The topological polar surface area (TPSA) is 54.4 Å². The van der Waals surface area contributed by atoms with Crippen LogP contribution in [-0.2, 0) is 11.0 Å². The third kappa shape index (κ3) is 4.35. The third-order valence-electron chi connectivity index (χ3n) is 5.12. The molecule has 1 aliphatic heterocycles. The zero-order valence-electron chi connectivity index (χ0n) is 17.3. The van der Waals surface area contributed by atoms with Gasteiger partial charge in [0.2, 0.25) is 5.91 Å². The van der Waals surface area contributed by atoms with Gasteiger partial charge in [-0.3, -0.25) is 14.8 Å². The lowest BCUT2D eigenvalue weighted by Gasteiger charge is -2.13. The number of halogens is 3. The maximum Gasteiger partial charge on any atom is 0.416 e. The van der Waals surface area contributed by atoms with Gasteiger partial charge in [0, 0.05) is 11.4 Å². The predicted molar refractivity (Wildman–Crippen MR) is 115 cm³/mol. The Kier molecular flexibility index (Phi) is 5.13. The fraction of sp³-hybridized carbons (Fsp3) is 0.208. The molecule has 158 valence electrons. The van der Waals surface area contributed by atoms with Crippen LogP contribution < -0.4 is 5.32 Å². The maximum absolute atomic E-state index is 13.3. The van der Waals surface area contributed by atoms with Crippen molar-refractivity contribution in [3.05, 3.63) is 76.6 Å². The normalized spacial score (nSPS) is 13.9. The van der Waals surface area contributed by atoms with E-state index in [1.54, 1.807) is 0 Å². The number of amides is 1. The minimum absolute atomic E-state index is 0.0348. The van der Waals surface area contributed by atoms with E-state index in [1.165, 1.54) is 13.0 Å². The Bertz CT molecular complexity index is 1210. The first-order valence-corrected chi connectivity index (χ1v) is 9.75. The zero-order chi connectivity index (χ0) is 22.3. The van der Waals surface area contributed by atoms with Crippen molar-refractivity contribution in [1.82, 2.24) is 4.98 Å². The summed E-state index contributed by atoms with van der Waals surface area (Å²) in [5.41, 5.74) is 4.64. The van der Waals surface area contributed by atoms with Gasteiger partial charge >= 0.3 is 6.18 Å². The molecule has 2 aromatic carbocycles. The van der Waals surface area contributed by atoms with Crippen LogP contribution in [0.15, 0.2) is 53.5 Å². The lowest BCUT2D eigenvalue weighted by Crippen LogP contribution is -2.15. The molecule has 1 N–H and O–H groups in total. The van der Waals surface area contributed by atoms with Gasteiger partial charge in [0.1, 0.15) is 0 Å². The number of rotatable bonds is 2. The van der Waals surface area contributed by atoms with Crippen molar-refractivity contribution in [2.24, 2.45) is 4.99 Å². The van der Waals surface area contributed by atoms with Crippen LogP contribution in [0.2, 0.25) is 0 Å². The van der Waals surface area contributed by atoms with E-state index in [2.05, 4.69) is 15.3 Å². The van der Waals surface area contributed by atoms with Crippen molar-refractivity contribution in [1.29, 1.82) is 0 Å². The van der Waals surface area contributed by atoms with Gasteiger partial charge in [0.05, 0.1) is 29.1 Å². The van der Waals surface area contributed by atoms with Crippen LogP contribution in [0.5, 0.6) is 0 Å². The predicted octanol–water partition coefficient (Wildman–Crippen LogP) is 6.16. The number of aliphatic imine (C=N–C) groups is 1. The molecule has 0 bridgehead atoms. The second kappa shape index (κ2) is 7.65. The lowest BCUT2D eigenvalue weighted by molar-refractivity contribution is -0.138. The second-order valence-electron chi connectivity index (χ2n) is 7.68. The molecule has 4 rings (SSSR count).